The number of H-pyrrole nitrogens is 1. The molecule has 0 saturated heterocycles. The molecule has 0 radical (unpaired) electrons. The molecular weight excluding hydrogens is 328 g/mol. The molecule has 0 fully saturated rings. The van der Waals surface area contributed by atoms with Crippen molar-refractivity contribution < 1.29 is 13.9 Å². The Morgan fingerprint density at radius 1 is 1.27 bits per heavy atom. The average molecular weight is 350 g/mol. The Morgan fingerprint density at radius 2 is 2.12 bits per heavy atom. The van der Waals surface area contributed by atoms with E-state index in [-0.39, 0.29) is 11.4 Å². The largest absolute Gasteiger partial charge is 0.472 e. The van der Waals surface area contributed by atoms with Gasteiger partial charge in [0.2, 0.25) is 0 Å². The van der Waals surface area contributed by atoms with E-state index in [1.165, 1.54) is 0 Å². The summed E-state index contributed by atoms with van der Waals surface area (Å²) in [7, 11) is 0. The highest BCUT2D eigenvalue weighted by Crippen LogP contribution is 2.39. The molecule has 0 aliphatic carbocycles. The number of ether oxygens (including phenoxy) is 1. The third-order valence-corrected chi connectivity index (χ3v) is 4.88. The first-order valence-electron chi connectivity index (χ1n) is 8.81. The van der Waals surface area contributed by atoms with E-state index in [1.807, 2.05) is 13.0 Å². The lowest BCUT2D eigenvalue weighted by Crippen LogP contribution is -2.29. The van der Waals surface area contributed by atoms with Crippen LogP contribution in [-0.2, 0) is 14.9 Å². The number of aromatic nitrogens is 1. The minimum absolute atomic E-state index is 0.143. The van der Waals surface area contributed by atoms with Crippen LogP contribution in [-0.4, -0.2) is 24.1 Å². The number of carbonyl (C=O) groups is 1. The molecule has 0 spiro atoms. The molecule has 2 N–H and O–H groups in total. The Morgan fingerprint density at radius 3 is 2.85 bits per heavy atom. The summed E-state index contributed by atoms with van der Waals surface area (Å²) in [5.74, 6) is -0.319. The van der Waals surface area contributed by atoms with Gasteiger partial charge in [-0.25, -0.2) is 4.79 Å². The Labute approximate surface area is 152 Å². The number of hydrogen-bond donors (Lipinski definition) is 2. The van der Waals surface area contributed by atoms with Crippen molar-refractivity contribution in [3.8, 4) is 11.1 Å². The molecule has 3 heterocycles. The number of aromatic amines is 1. The van der Waals surface area contributed by atoms with Crippen molar-refractivity contribution in [1.82, 2.24) is 10.3 Å². The van der Waals surface area contributed by atoms with Crippen LogP contribution in [0.25, 0.3) is 27.6 Å². The molecule has 0 atom stereocenters. The van der Waals surface area contributed by atoms with Gasteiger partial charge < -0.3 is 19.5 Å². The van der Waals surface area contributed by atoms with Crippen molar-refractivity contribution in [2.75, 3.05) is 13.2 Å². The highest BCUT2D eigenvalue weighted by Gasteiger charge is 2.33. The molecule has 0 amide bonds. The number of rotatable bonds is 3. The van der Waals surface area contributed by atoms with Gasteiger partial charge in [-0.2, -0.15) is 0 Å². The van der Waals surface area contributed by atoms with E-state index < -0.39 is 0 Å². The maximum atomic E-state index is 12.5. The summed E-state index contributed by atoms with van der Waals surface area (Å²) in [5, 5.41) is 4.38. The second kappa shape index (κ2) is 6.09. The smallest absolute Gasteiger partial charge is 0.341 e. The highest BCUT2D eigenvalue weighted by atomic mass is 16.5. The van der Waals surface area contributed by atoms with E-state index in [1.54, 1.807) is 18.7 Å². The monoisotopic (exact) mass is 350 g/mol. The third kappa shape index (κ3) is 2.60. The zero-order valence-electron chi connectivity index (χ0n) is 15.2. The van der Waals surface area contributed by atoms with Crippen LogP contribution in [0.15, 0.2) is 47.4 Å². The molecule has 26 heavy (non-hydrogen) atoms. The quantitative estimate of drug-likeness (QED) is 0.694. The van der Waals surface area contributed by atoms with Crippen LogP contribution < -0.4 is 5.32 Å². The predicted molar refractivity (Wildman–Crippen MR) is 102 cm³/mol. The first kappa shape index (κ1) is 16.5. The van der Waals surface area contributed by atoms with Gasteiger partial charge in [0.25, 0.3) is 0 Å². The van der Waals surface area contributed by atoms with E-state index in [0.29, 0.717) is 12.2 Å². The highest BCUT2D eigenvalue weighted by molar-refractivity contribution is 6.18. The predicted octanol–water partition coefficient (Wildman–Crippen LogP) is 4.21. The molecule has 5 nitrogen and oxygen atoms in total. The fourth-order valence-electron chi connectivity index (χ4n) is 3.65. The van der Waals surface area contributed by atoms with Gasteiger partial charge in [-0.3, -0.25) is 0 Å². The van der Waals surface area contributed by atoms with E-state index in [0.717, 1.165) is 39.8 Å². The molecule has 134 valence electrons. The van der Waals surface area contributed by atoms with E-state index in [2.05, 4.69) is 42.3 Å². The number of esters is 1. The number of fused-ring (bicyclic) bond motifs is 3. The standard InChI is InChI=1S/C21H22N2O3/c1-4-26-20(24)16-10-22-12-21(2,3)18-15-6-5-13(14-7-8-25-11-14)9-17(15)23-19(16)18/h5-11,22-23H,4,12H2,1-3H3. The molecule has 3 aromatic rings. The van der Waals surface area contributed by atoms with Crippen molar-refractivity contribution in [3.63, 3.8) is 0 Å². The fraction of sp³-hybridized carbons (Fsp3) is 0.286. The molecule has 4 rings (SSSR count). The molecule has 0 unspecified atom stereocenters. The van der Waals surface area contributed by atoms with Gasteiger partial charge in [0.05, 0.1) is 30.4 Å². The molecular formula is C21H22N2O3. The van der Waals surface area contributed by atoms with Crippen molar-refractivity contribution >= 4 is 22.4 Å². The van der Waals surface area contributed by atoms with Gasteiger partial charge >= 0.3 is 5.97 Å². The van der Waals surface area contributed by atoms with Gasteiger partial charge in [0, 0.05) is 34.6 Å². The minimum Gasteiger partial charge on any atom is -0.472 e. The van der Waals surface area contributed by atoms with Crippen molar-refractivity contribution in [3.05, 3.63) is 54.2 Å². The van der Waals surface area contributed by atoms with E-state index >= 15 is 0 Å². The van der Waals surface area contributed by atoms with Crippen LogP contribution in [0.3, 0.4) is 0 Å². The second-order valence-electron chi connectivity index (χ2n) is 7.19. The van der Waals surface area contributed by atoms with Crippen LogP contribution >= 0.6 is 0 Å². The zero-order valence-corrected chi connectivity index (χ0v) is 15.2. The van der Waals surface area contributed by atoms with Crippen molar-refractivity contribution in [2.45, 2.75) is 26.2 Å². The zero-order chi connectivity index (χ0) is 18.3. The van der Waals surface area contributed by atoms with Crippen molar-refractivity contribution in [2.24, 2.45) is 0 Å². The summed E-state index contributed by atoms with van der Waals surface area (Å²) in [6.07, 6.45) is 5.16. The first-order chi connectivity index (χ1) is 12.5. The van der Waals surface area contributed by atoms with E-state index in [9.17, 15) is 4.79 Å². The van der Waals surface area contributed by atoms with E-state index in [4.69, 9.17) is 9.15 Å². The molecule has 2 aromatic heterocycles. The van der Waals surface area contributed by atoms with Crippen LogP contribution in [0.2, 0.25) is 0 Å². The minimum atomic E-state index is -0.319. The molecule has 0 bridgehead atoms. The summed E-state index contributed by atoms with van der Waals surface area (Å²) in [4.78, 5) is 16.0. The molecule has 1 aliphatic rings. The third-order valence-electron chi connectivity index (χ3n) is 4.88. The number of carbonyl (C=O) groups excluding carboxylic acids is 1. The lowest BCUT2D eigenvalue weighted by atomic mass is 9.82. The lowest BCUT2D eigenvalue weighted by Gasteiger charge is -2.24. The fourth-order valence-corrected chi connectivity index (χ4v) is 3.65. The summed E-state index contributed by atoms with van der Waals surface area (Å²) >= 11 is 0. The van der Waals surface area contributed by atoms with Gasteiger partial charge in [-0.05, 0) is 30.2 Å². The normalized spacial score (nSPS) is 15.7. The van der Waals surface area contributed by atoms with Crippen LogP contribution in [0.1, 0.15) is 32.0 Å². The SMILES string of the molecule is CCOC(=O)C1=CNCC(C)(C)c2c1[nH]c1cc(-c3ccoc3)ccc21. The van der Waals surface area contributed by atoms with Gasteiger partial charge in [-0.1, -0.05) is 26.0 Å². The Hall–Kier alpha value is -2.95. The number of furan rings is 1. The Bertz CT molecular complexity index is 994. The van der Waals surface area contributed by atoms with Gasteiger partial charge in [0.15, 0.2) is 0 Å². The van der Waals surface area contributed by atoms with Crippen LogP contribution in [0.4, 0.5) is 0 Å². The summed E-state index contributed by atoms with van der Waals surface area (Å²) in [5.41, 5.74) is 5.45. The Kier molecular flexibility index (Phi) is 3.87. The summed E-state index contributed by atoms with van der Waals surface area (Å²) in [6, 6.07) is 8.24. The summed E-state index contributed by atoms with van der Waals surface area (Å²) in [6.45, 7) is 7.25. The molecule has 1 aliphatic heterocycles. The number of benzene rings is 1. The second-order valence-corrected chi connectivity index (χ2v) is 7.19. The molecule has 5 heteroatoms. The number of hydrogen-bond acceptors (Lipinski definition) is 4. The first-order valence-corrected chi connectivity index (χ1v) is 8.81. The molecule has 0 saturated carbocycles. The van der Waals surface area contributed by atoms with Gasteiger partial charge in [0.1, 0.15) is 0 Å². The average Bonchev–Trinajstić information content (AvgIpc) is 3.23. The van der Waals surface area contributed by atoms with Gasteiger partial charge in [-0.15, -0.1) is 0 Å². The van der Waals surface area contributed by atoms with Crippen LogP contribution in [0, 0.1) is 0 Å². The van der Waals surface area contributed by atoms with Crippen LogP contribution in [0.5, 0.6) is 0 Å². The topological polar surface area (TPSA) is 67.3 Å². The molecule has 1 aromatic carbocycles. The van der Waals surface area contributed by atoms with Crippen molar-refractivity contribution in [1.29, 1.82) is 0 Å². The number of nitrogens with one attached hydrogen (secondary N) is 2. The lowest BCUT2D eigenvalue weighted by molar-refractivity contribution is -0.136. The Balaban J connectivity index is 1.92. The maximum absolute atomic E-state index is 12.5. The summed E-state index contributed by atoms with van der Waals surface area (Å²) < 4.78 is 10.5. The maximum Gasteiger partial charge on any atom is 0.341 e.